The van der Waals surface area contributed by atoms with Gasteiger partial charge in [0.25, 0.3) is 0 Å². The lowest BCUT2D eigenvalue weighted by molar-refractivity contribution is 0.176. The van der Waals surface area contributed by atoms with E-state index >= 15 is 0 Å². The smallest absolute Gasteiger partial charge is 0.115 e. The Morgan fingerprint density at radius 3 is 2.67 bits per heavy atom. The molecule has 0 bridgehead atoms. The topological polar surface area (TPSA) is 52.5 Å². The van der Waals surface area contributed by atoms with Crippen LogP contribution >= 0.6 is 0 Å². The van der Waals surface area contributed by atoms with Crippen LogP contribution in [0.5, 0.6) is 5.75 Å². The molecule has 1 aromatic rings. The van der Waals surface area contributed by atoms with Crippen LogP contribution in [0.4, 0.5) is 0 Å². The van der Waals surface area contributed by atoms with Crippen molar-refractivity contribution in [1.29, 1.82) is 0 Å². The van der Waals surface area contributed by atoms with Crippen LogP contribution in [0.1, 0.15) is 24.4 Å². The van der Waals surface area contributed by atoms with E-state index in [1.165, 1.54) is 5.56 Å². The lowest BCUT2D eigenvalue weighted by Gasteiger charge is -2.29. The van der Waals surface area contributed by atoms with Gasteiger partial charge in [-0.15, -0.1) is 0 Å². The molecule has 82 valence electrons. The average Bonchev–Trinajstić information content (AvgIpc) is 2.30. The molecule has 0 aromatic heterocycles. The SMILES string of the molecule is OCC1CCNC(c2ccc(O)cc2)C1. The maximum absolute atomic E-state index is 9.19. The highest BCUT2D eigenvalue weighted by molar-refractivity contribution is 5.28. The molecule has 3 N–H and O–H groups in total. The predicted octanol–water partition coefficient (Wildman–Crippen LogP) is 1.43. The Morgan fingerprint density at radius 2 is 2.00 bits per heavy atom. The normalized spacial score (nSPS) is 26.5. The molecule has 1 fully saturated rings. The average molecular weight is 207 g/mol. The van der Waals surface area contributed by atoms with Crippen molar-refractivity contribution in [2.45, 2.75) is 18.9 Å². The lowest BCUT2D eigenvalue weighted by Crippen LogP contribution is -2.33. The molecule has 15 heavy (non-hydrogen) atoms. The summed E-state index contributed by atoms with van der Waals surface area (Å²) in [6.45, 7) is 1.23. The van der Waals surface area contributed by atoms with Gasteiger partial charge in [-0.1, -0.05) is 12.1 Å². The van der Waals surface area contributed by atoms with Crippen LogP contribution in [-0.2, 0) is 0 Å². The first-order valence-corrected chi connectivity index (χ1v) is 5.43. The van der Waals surface area contributed by atoms with E-state index in [0.717, 1.165) is 19.4 Å². The van der Waals surface area contributed by atoms with Crippen LogP contribution in [0, 0.1) is 5.92 Å². The fourth-order valence-corrected chi connectivity index (χ4v) is 2.12. The van der Waals surface area contributed by atoms with Gasteiger partial charge in [-0.3, -0.25) is 0 Å². The molecule has 0 aliphatic carbocycles. The van der Waals surface area contributed by atoms with E-state index < -0.39 is 0 Å². The molecule has 2 rings (SSSR count). The second kappa shape index (κ2) is 4.64. The second-order valence-electron chi connectivity index (χ2n) is 4.17. The summed E-state index contributed by atoms with van der Waals surface area (Å²) in [5.74, 6) is 0.707. The van der Waals surface area contributed by atoms with E-state index in [-0.39, 0.29) is 6.61 Å². The third kappa shape index (κ3) is 2.49. The zero-order valence-electron chi connectivity index (χ0n) is 8.69. The Morgan fingerprint density at radius 1 is 1.27 bits per heavy atom. The fourth-order valence-electron chi connectivity index (χ4n) is 2.12. The van der Waals surface area contributed by atoms with Crippen molar-refractivity contribution >= 4 is 0 Å². The standard InChI is InChI=1S/C12H17NO2/c14-8-9-5-6-13-12(7-9)10-1-3-11(15)4-2-10/h1-4,9,12-15H,5-8H2. The largest absolute Gasteiger partial charge is 0.508 e. The van der Waals surface area contributed by atoms with Gasteiger partial charge in [-0.25, -0.2) is 0 Å². The summed E-state index contributed by atoms with van der Waals surface area (Å²) >= 11 is 0. The van der Waals surface area contributed by atoms with Crippen LogP contribution in [0.25, 0.3) is 0 Å². The molecule has 3 heteroatoms. The molecule has 1 heterocycles. The number of rotatable bonds is 2. The Bertz CT molecular complexity index is 310. The fraction of sp³-hybridized carbons (Fsp3) is 0.500. The summed E-state index contributed by atoms with van der Waals surface area (Å²) in [6, 6.07) is 7.61. The molecule has 1 aliphatic rings. The van der Waals surface area contributed by atoms with Crippen molar-refractivity contribution in [2.24, 2.45) is 5.92 Å². The Hall–Kier alpha value is -1.06. The Labute approximate surface area is 89.8 Å². The van der Waals surface area contributed by atoms with E-state index in [2.05, 4.69) is 5.32 Å². The number of aliphatic hydroxyl groups excluding tert-OH is 1. The molecule has 3 nitrogen and oxygen atoms in total. The van der Waals surface area contributed by atoms with Crippen LogP contribution in [0.3, 0.4) is 0 Å². The molecule has 1 aromatic carbocycles. The number of phenols is 1. The van der Waals surface area contributed by atoms with Crippen molar-refractivity contribution in [3.63, 3.8) is 0 Å². The van der Waals surface area contributed by atoms with E-state index in [1.807, 2.05) is 12.1 Å². The number of aliphatic hydroxyl groups is 1. The van der Waals surface area contributed by atoms with Gasteiger partial charge in [0.05, 0.1) is 0 Å². The Kier molecular flexibility index (Phi) is 3.23. The second-order valence-corrected chi connectivity index (χ2v) is 4.17. The number of hydrogen-bond donors (Lipinski definition) is 3. The molecular weight excluding hydrogens is 190 g/mol. The molecule has 0 radical (unpaired) electrons. The third-order valence-electron chi connectivity index (χ3n) is 3.07. The molecule has 2 atom stereocenters. The van der Waals surface area contributed by atoms with E-state index in [4.69, 9.17) is 5.11 Å². The van der Waals surface area contributed by atoms with Gasteiger partial charge in [0.15, 0.2) is 0 Å². The van der Waals surface area contributed by atoms with Gasteiger partial charge in [0.2, 0.25) is 0 Å². The predicted molar refractivity (Wildman–Crippen MR) is 58.7 cm³/mol. The number of nitrogens with one attached hydrogen (secondary N) is 1. The number of aromatic hydroxyl groups is 1. The van der Waals surface area contributed by atoms with Gasteiger partial charge in [0, 0.05) is 12.6 Å². The number of piperidine rings is 1. The molecule has 0 spiro atoms. The molecule has 2 unspecified atom stereocenters. The summed E-state index contributed by atoms with van der Waals surface area (Å²) in [5, 5.41) is 21.8. The zero-order valence-corrected chi connectivity index (χ0v) is 8.69. The van der Waals surface area contributed by atoms with Crippen LogP contribution < -0.4 is 5.32 Å². The van der Waals surface area contributed by atoms with Crippen molar-refractivity contribution in [3.8, 4) is 5.75 Å². The summed E-state index contributed by atoms with van der Waals surface area (Å²) < 4.78 is 0. The molecule has 0 amide bonds. The van der Waals surface area contributed by atoms with Crippen LogP contribution in [0.15, 0.2) is 24.3 Å². The number of benzene rings is 1. The number of phenolic OH excluding ortho intramolecular Hbond substituents is 1. The van der Waals surface area contributed by atoms with Crippen LogP contribution in [-0.4, -0.2) is 23.4 Å². The highest BCUT2D eigenvalue weighted by Gasteiger charge is 2.21. The zero-order chi connectivity index (χ0) is 10.7. The summed E-state index contributed by atoms with van der Waals surface area (Å²) in [5.41, 5.74) is 1.19. The van der Waals surface area contributed by atoms with E-state index in [1.54, 1.807) is 12.1 Å². The first-order chi connectivity index (χ1) is 7.29. The maximum atomic E-state index is 9.19. The van der Waals surface area contributed by atoms with Gasteiger partial charge in [0.1, 0.15) is 5.75 Å². The van der Waals surface area contributed by atoms with Gasteiger partial charge in [-0.05, 0) is 43.0 Å². The highest BCUT2D eigenvalue weighted by atomic mass is 16.3. The summed E-state index contributed by atoms with van der Waals surface area (Å²) in [6.07, 6.45) is 2.02. The summed E-state index contributed by atoms with van der Waals surface area (Å²) in [7, 11) is 0. The minimum Gasteiger partial charge on any atom is -0.508 e. The minimum absolute atomic E-state index is 0.274. The summed E-state index contributed by atoms with van der Waals surface area (Å²) in [4.78, 5) is 0. The monoisotopic (exact) mass is 207 g/mol. The third-order valence-corrected chi connectivity index (χ3v) is 3.07. The molecule has 1 aliphatic heterocycles. The van der Waals surface area contributed by atoms with Crippen molar-refractivity contribution in [1.82, 2.24) is 5.32 Å². The quantitative estimate of drug-likeness (QED) is 0.687. The van der Waals surface area contributed by atoms with Crippen molar-refractivity contribution < 1.29 is 10.2 Å². The highest BCUT2D eigenvalue weighted by Crippen LogP contribution is 2.27. The Balaban J connectivity index is 2.06. The van der Waals surface area contributed by atoms with Gasteiger partial charge in [-0.2, -0.15) is 0 Å². The van der Waals surface area contributed by atoms with E-state index in [0.29, 0.717) is 17.7 Å². The molecular formula is C12H17NO2. The van der Waals surface area contributed by atoms with Gasteiger partial charge < -0.3 is 15.5 Å². The lowest BCUT2D eigenvalue weighted by atomic mass is 9.89. The number of hydrogen-bond acceptors (Lipinski definition) is 3. The van der Waals surface area contributed by atoms with Crippen LogP contribution in [0.2, 0.25) is 0 Å². The van der Waals surface area contributed by atoms with Crippen molar-refractivity contribution in [2.75, 3.05) is 13.2 Å². The minimum atomic E-state index is 0.274. The first-order valence-electron chi connectivity index (χ1n) is 5.43. The molecule has 0 saturated carbocycles. The van der Waals surface area contributed by atoms with E-state index in [9.17, 15) is 5.11 Å². The van der Waals surface area contributed by atoms with Gasteiger partial charge >= 0.3 is 0 Å². The maximum Gasteiger partial charge on any atom is 0.115 e. The first kappa shape index (κ1) is 10.5. The van der Waals surface area contributed by atoms with Crippen molar-refractivity contribution in [3.05, 3.63) is 29.8 Å². The molecule has 1 saturated heterocycles.